The zero-order valence-corrected chi connectivity index (χ0v) is 15.8. The summed E-state index contributed by atoms with van der Waals surface area (Å²) in [6.07, 6.45) is 7.28. The average molecular weight is 366 g/mol. The molecule has 0 bridgehead atoms. The Morgan fingerprint density at radius 1 is 1.22 bits per heavy atom. The number of benzene rings is 1. The first-order valence-electron chi connectivity index (χ1n) is 9.67. The molecule has 0 unspecified atom stereocenters. The van der Waals surface area contributed by atoms with E-state index in [4.69, 9.17) is 0 Å². The van der Waals surface area contributed by atoms with Crippen LogP contribution in [0.1, 0.15) is 30.4 Å². The SMILES string of the molecule is Cn1cc(CN(C(=O)CN2C[C@H](Cc3ccccc3)CC2=O)C2CC2)cn1. The number of aromatic nitrogens is 2. The highest BCUT2D eigenvalue weighted by Gasteiger charge is 2.36. The van der Waals surface area contributed by atoms with Gasteiger partial charge in [-0.05, 0) is 30.7 Å². The monoisotopic (exact) mass is 366 g/mol. The minimum atomic E-state index is 0.0510. The van der Waals surface area contributed by atoms with Crippen LogP contribution in [-0.2, 0) is 29.6 Å². The smallest absolute Gasteiger partial charge is 0.242 e. The number of nitrogens with zero attached hydrogens (tertiary/aromatic N) is 4. The second-order valence-electron chi connectivity index (χ2n) is 7.81. The van der Waals surface area contributed by atoms with E-state index in [2.05, 4.69) is 17.2 Å². The van der Waals surface area contributed by atoms with Crippen LogP contribution >= 0.6 is 0 Å². The van der Waals surface area contributed by atoms with Crippen LogP contribution in [0.2, 0.25) is 0 Å². The first kappa shape index (κ1) is 17.8. The Morgan fingerprint density at radius 2 is 2.00 bits per heavy atom. The molecule has 2 aliphatic rings. The molecule has 1 aliphatic heterocycles. The van der Waals surface area contributed by atoms with E-state index in [0.29, 0.717) is 31.5 Å². The lowest BCUT2D eigenvalue weighted by Crippen LogP contribution is -2.41. The van der Waals surface area contributed by atoms with Crippen molar-refractivity contribution >= 4 is 11.8 Å². The normalized spacial score (nSPS) is 19.5. The third-order valence-corrected chi connectivity index (χ3v) is 5.41. The summed E-state index contributed by atoms with van der Waals surface area (Å²) in [5, 5.41) is 4.19. The van der Waals surface area contributed by atoms with Crippen molar-refractivity contribution in [2.45, 2.75) is 38.3 Å². The lowest BCUT2D eigenvalue weighted by molar-refractivity contribution is -0.139. The Morgan fingerprint density at radius 3 is 2.67 bits per heavy atom. The van der Waals surface area contributed by atoms with Gasteiger partial charge in [0.05, 0.1) is 12.7 Å². The third-order valence-electron chi connectivity index (χ3n) is 5.41. The fraction of sp³-hybridized carbons (Fsp3) is 0.476. The molecule has 1 saturated carbocycles. The molecule has 4 rings (SSSR count). The molecule has 2 heterocycles. The maximum absolute atomic E-state index is 12.9. The van der Waals surface area contributed by atoms with E-state index < -0.39 is 0 Å². The first-order chi connectivity index (χ1) is 13.1. The summed E-state index contributed by atoms with van der Waals surface area (Å²) in [6, 6.07) is 10.6. The Balaban J connectivity index is 1.35. The minimum Gasteiger partial charge on any atom is -0.334 e. The molecule has 142 valence electrons. The fourth-order valence-electron chi connectivity index (χ4n) is 3.90. The predicted molar refractivity (Wildman–Crippen MR) is 102 cm³/mol. The molecule has 2 aromatic rings. The van der Waals surface area contributed by atoms with Crippen LogP contribution in [0.4, 0.5) is 0 Å². The van der Waals surface area contributed by atoms with Crippen LogP contribution in [0.5, 0.6) is 0 Å². The number of carbonyl (C=O) groups is 2. The second-order valence-corrected chi connectivity index (χ2v) is 7.81. The standard InChI is InChI=1S/C21H26N4O2/c1-23-12-18(11-22-23)14-25(19-7-8-19)21(27)15-24-13-17(10-20(24)26)9-16-5-3-2-4-6-16/h2-6,11-12,17,19H,7-10,13-15H2,1H3/t17-/m1/s1. The van der Waals surface area contributed by atoms with E-state index in [1.54, 1.807) is 15.8 Å². The Hall–Kier alpha value is -2.63. The molecule has 2 fully saturated rings. The van der Waals surface area contributed by atoms with Gasteiger partial charge in [-0.15, -0.1) is 0 Å². The van der Waals surface area contributed by atoms with Crippen molar-refractivity contribution in [3.63, 3.8) is 0 Å². The molecule has 0 N–H and O–H groups in total. The van der Waals surface area contributed by atoms with Gasteiger partial charge in [-0.2, -0.15) is 5.10 Å². The molecule has 1 aromatic heterocycles. The highest BCUT2D eigenvalue weighted by atomic mass is 16.2. The summed E-state index contributed by atoms with van der Waals surface area (Å²) in [5.74, 6) is 0.442. The van der Waals surface area contributed by atoms with E-state index in [1.807, 2.05) is 36.3 Å². The van der Waals surface area contributed by atoms with Crippen molar-refractivity contribution in [1.29, 1.82) is 0 Å². The average Bonchev–Trinajstić information content (AvgIpc) is 3.32. The number of aryl methyl sites for hydroxylation is 1. The van der Waals surface area contributed by atoms with Gasteiger partial charge in [0, 0.05) is 44.4 Å². The first-order valence-corrected chi connectivity index (χ1v) is 9.67. The molecule has 27 heavy (non-hydrogen) atoms. The molecule has 6 nitrogen and oxygen atoms in total. The molecular weight excluding hydrogens is 340 g/mol. The van der Waals surface area contributed by atoms with E-state index in [-0.39, 0.29) is 18.4 Å². The van der Waals surface area contributed by atoms with Crippen LogP contribution in [-0.4, -0.2) is 50.5 Å². The molecular formula is C21H26N4O2. The quantitative estimate of drug-likeness (QED) is 0.753. The van der Waals surface area contributed by atoms with E-state index in [9.17, 15) is 9.59 Å². The predicted octanol–water partition coefficient (Wildman–Crippen LogP) is 2.00. The maximum atomic E-state index is 12.9. The largest absolute Gasteiger partial charge is 0.334 e. The van der Waals surface area contributed by atoms with Gasteiger partial charge in [-0.3, -0.25) is 14.3 Å². The highest BCUT2D eigenvalue weighted by molar-refractivity contribution is 5.86. The third kappa shape index (κ3) is 4.38. The van der Waals surface area contributed by atoms with Crippen LogP contribution in [0.25, 0.3) is 0 Å². The Labute approximate surface area is 159 Å². The van der Waals surface area contributed by atoms with Gasteiger partial charge in [-0.25, -0.2) is 0 Å². The number of hydrogen-bond donors (Lipinski definition) is 0. The summed E-state index contributed by atoms with van der Waals surface area (Å²) >= 11 is 0. The lowest BCUT2D eigenvalue weighted by Gasteiger charge is -2.25. The number of carbonyl (C=O) groups excluding carboxylic acids is 2. The second kappa shape index (κ2) is 7.55. The topological polar surface area (TPSA) is 58.4 Å². The summed E-state index contributed by atoms with van der Waals surface area (Å²) in [7, 11) is 1.88. The zero-order valence-electron chi connectivity index (χ0n) is 15.8. The van der Waals surface area contributed by atoms with Crippen LogP contribution < -0.4 is 0 Å². The van der Waals surface area contributed by atoms with Crippen molar-refractivity contribution in [2.75, 3.05) is 13.1 Å². The highest BCUT2D eigenvalue weighted by Crippen LogP contribution is 2.29. The molecule has 1 aromatic carbocycles. The molecule has 0 radical (unpaired) electrons. The van der Waals surface area contributed by atoms with Crippen LogP contribution in [0.3, 0.4) is 0 Å². The van der Waals surface area contributed by atoms with Gasteiger partial charge in [0.1, 0.15) is 0 Å². The van der Waals surface area contributed by atoms with E-state index in [1.165, 1.54) is 5.56 Å². The van der Waals surface area contributed by atoms with E-state index in [0.717, 1.165) is 24.8 Å². The van der Waals surface area contributed by atoms with Crippen molar-refractivity contribution in [1.82, 2.24) is 19.6 Å². The Bertz CT molecular complexity index is 813. The number of hydrogen-bond acceptors (Lipinski definition) is 3. The molecule has 1 aliphatic carbocycles. The number of amides is 2. The minimum absolute atomic E-state index is 0.0510. The molecule has 1 atom stereocenters. The summed E-state index contributed by atoms with van der Waals surface area (Å²) in [4.78, 5) is 29.0. The van der Waals surface area contributed by atoms with Gasteiger partial charge in [0.25, 0.3) is 0 Å². The van der Waals surface area contributed by atoms with Crippen molar-refractivity contribution < 1.29 is 9.59 Å². The number of rotatable bonds is 7. The summed E-state index contributed by atoms with van der Waals surface area (Å²) in [6.45, 7) is 1.44. The molecule has 2 amide bonds. The van der Waals surface area contributed by atoms with Crippen molar-refractivity contribution in [3.05, 3.63) is 53.9 Å². The Kier molecular flexibility index (Phi) is 4.97. The lowest BCUT2D eigenvalue weighted by atomic mass is 9.99. The van der Waals surface area contributed by atoms with Gasteiger partial charge in [0.15, 0.2) is 0 Å². The molecule has 1 saturated heterocycles. The van der Waals surface area contributed by atoms with Crippen LogP contribution in [0, 0.1) is 5.92 Å². The van der Waals surface area contributed by atoms with Crippen molar-refractivity contribution in [2.24, 2.45) is 13.0 Å². The van der Waals surface area contributed by atoms with Gasteiger partial charge < -0.3 is 9.80 Å². The van der Waals surface area contributed by atoms with Gasteiger partial charge in [-0.1, -0.05) is 30.3 Å². The van der Waals surface area contributed by atoms with E-state index >= 15 is 0 Å². The summed E-state index contributed by atoms with van der Waals surface area (Å²) < 4.78 is 1.75. The molecule has 6 heteroatoms. The summed E-state index contributed by atoms with van der Waals surface area (Å²) in [5.41, 5.74) is 2.28. The number of likely N-dealkylation sites (tertiary alicyclic amines) is 1. The van der Waals surface area contributed by atoms with Crippen molar-refractivity contribution in [3.8, 4) is 0 Å². The van der Waals surface area contributed by atoms with Gasteiger partial charge >= 0.3 is 0 Å². The van der Waals surface area contributed by atoms with Gasteiger partial charge in [0.2, 0.25) is 11.8 Å². The molecule has 0 spiro atoms. The fourth-order valence-corrected chi connectivity index (χ4v) is 3.90. The van der Waals surface area contributed by atoms with Crippen LogP contribution in [0.15, 0.2) is 42.7 Å². The zero-order chi connectivity index (χ0) is 18.8. The maximum Gasteiger partial charge on any atom is 0.242 e.